The van der Waals surface area contributed by atoms with Crippen LogP contribution in [0.5, 0.6) is 28.7 Å². The Morgan fingerprint density at radius 2 is 1.43 bits per heavy atom. The smallest absolute Gasteiger partial charge is 0.336 e. The summed E-state index contributed by atoms with van der Waals surface area (Å²) in [5.74, 6) is 1.44. The fourth-order valence-electron chi connectivity index (χ4n) is 4.47. The second kappa shape index (κ2) is 13.4. The number of ether oxygens (including phenoxy) is 5. The highest BCUT2D eigenvalue weighted by molar-refractivity contribution is 5.89. The predicted molar refractivity (Wildman–Crippen MR) is 168 cm³/mol. The van der Waals surface area contributed by atoms with Crippen LogP contribution in [0.4, 0.5) is 0 Å². The molecule has 222 valence electrons. The second-order valence-corrected chi connectivity index (χ2v) is 9.30. The van der Waals surface area contributed by atoms with Crippen molar-refractivity contribution in [1.29, 1.82) is 0 Å². The van der Waals surface area contributed by atoms with Crippen molar-refractivity contribution in [2.75, 3.05) is 28.4 Å². The Bertz CT molecular complexity index is 1910. The number of nitrogens with zero attached hydrogens (tertiary/aromatic N) is 3. The van der Waals surface area contributed by atoms with E-state index in [2.05, 4.69) is 5.10 Å². The summed E-state index contributed by atoms with van der Waals surface area (Å²) in [6.45, 7) is 0. The number of aromatic nitrogens is 2. The van der Waals surface area contributed by atoms with Crippen LogP contribution >= 0.6 is 0 Å². The number of rotatable bonds is 10. The lowest BCUT2D eigenvalue weighted by molar-refractivity contribution is -0.129. The molecule has 1 aromatic heterocycles. The monoisotopic (exact) mass is 591 g/mol. The van der Waals surface area contributed by atoms with Crippen molar-refractivity contribution in [1.82, 2.24) is 9.66 Å². The lowest BCUT2D eigenvalue weighted by atomic mass is 10.1. The molecule has 4 aromatic carbocycles. The molecule has 0 aliphatic rings. The summed E-state index contributed by atoms with van der Waals surface area (Å²) in [6, 6.07) is 24.7. The minimum atomic E-state index is -0.558. The summed E-state index contributed by atoms with van der Waals surface area (Å²) in [7, 11) is 5.99. The van der Waals surface area contributed by atoms with Crippen LogP contribution in [0.15, 0.2) is 101 Å². The van der Waals surface area contributed by atoms with Crippen molar-refractivity contribution >= 4 is 29.2 Å². The first-order valence-corrected chi connectivity index (χ1v) is 13.4. The van der Waals surface area contributed by atoms with Gasteiger partial charge in [-0.25, -0.2) is 9.78 Å². The van der Waals surface area contributed by atoms with Crippen molar-refractivity contribution in [2.24, 2.45) is 5.10 Å². The molecular weight excluding hydrogens is 562 g/mol. The van der Waals surface area contributed by atoms with Gasteiger partial charge in [-0.3, -0.25) is 4.79 Å². The SMILES string of the molecule is COc1cc(C=Nn2c(-c3cc(OC)c(OC)c(OC)c3)nc3ccccc3c2=O)ccc1OC(=O)/C=C/c1ccccc1. The fourth-order valence-corrected chi connectivity index (χ4v) is 4.47. The standard InChI is InChI=1S/C34H29N3O7/c1-40-28-18-23(14-16-27(28)44-31(38)17-15-22-10-6-5-7-11-22)21-35-37-33(36-26-13-9-8-12-25(26)34(37)39)24-19-29(41-2)32(43-4)30(20-24)42-3/h5-21H,1-4H3/b17-15+,35-21?. The summed E-state index contributed by atoms with van der Waals surface area (Å²) < 4.78 is 28.6. The molecule has 0 saturated heterocycles. The quantitative estimate of drug-likeness (QED) is 0.0894. The zero-order valence-electron chi connectivity index (χ0n) is 24.5. The molecular formula is C34H29N3O7. The maximum atomic E-state index is 13.7. The molecule has 10 nitrogen and oxygen atoms in total. The van der Waals surface area contributed by atoms with Crippen LogP contribution in [0.25, 0.3) is 28.4 Å². The zero-order chi connectivity index (χ0) is 31.1. The van der Waals surface area contributed by atoms with Crippen molar-refractivity contribution < 1.29 is 28.5 Å². The highest BCUT2D eigenvalue weighted by Gasteiger charge is 2.19. The number of hydrogen-bond acceptors (Lipinski definition) is 9. The number of benzene rings is 4. The molecule has 5 rings (SSSR count). The number of methoxy groups -OCH3 is 4. The van der Waals surface area contributed by atoms with Gasteiger partial charge in [-0.05, 0) is 59.7 Å². The first-order valence-electron chi connectivity index (χ1n) is 13.4. The third kappa shape index (κ3) is 6.29. The molecule has 1 heterocycles. The van der Waals surface area contributed by atoms with Gasteiger partial charge in [0.15, 0.2) is 28.8 Å². The Kier molecular flexibility index (Phi) is 9.00. The van der Waals surface area contributed by atoms with E-state index in [0.29, 0.717) is 45.0 Å². The lowest BCUT2D eigenvalue weighted by Gasteiger charge is -2.15. The van der Waals surface area contributed by atoms with Gasteiger partial charge in [0, 0.05) is 11.6 Å². The van der Waals surface area contributed by atoms with Crippen LogP contribution in [-0.4, -0.2) is 50.3 Å². The van der Waals surface area contributed by atoms with E-state index in [1.54, 1.807) is 60.7 Å². The van der Waals surface area contributed by atoms with E-state index >= 15 is 0 Å². The van der Waals surface area contributed by atoms with Gasteiger partial charge >= 0.3 is 5.97 Å². The number of fused-ring (bicyclic) bond motifs is 1. The van der Waals surface area contributed by atoms with Gasteiger partial charge in [0.05, 0.1) is 45.6 Å². The third-order valence-corrected chi connectivity index (χ3v) is 6.61. The number of para-hydroxylation sites is 1. The van der Waals surface area contributed by atoms with Crippen LogP contribution in [0.3, 0.4) is 0 Å². The van der Waals surface area contributed by atoms with E-state index in [-0.39, 0.29) is 17.1 Å². The molecule has 0 bridgehead atoms. The second-order valence-electron chi connectivity index (χ2n) is 9.30. The molecule has 0 amide bonds. The normalized spacial score (nSPS) is 11.2. The highest BCUT2D eigenvalue weighted by Crippen LogP contribution is 2.41. The lowest BCUT2D eigenvalue weighted by Crippen LogP contribution is -2.20. The van der Waals surface area contributed by atoms with Crippen LogP contribution in [0.1, 0.15) is 11.1 Å². The molecule has 0 unspecified atom stereocenters. The summed E-state index contributed by atoms with van der Waals surface area (Å²) >= 11 is 0. The zero-order valence-corrected chi connectivity index (χ0v) is 24.5. The fraction of sp³-hybridized carbons (Fsp3) is 0.118. The number of carbonyl (C=O) groups is 1. The van der Waals surface area contributed by atoms with E-state index in [1.807, 2.05) is 30.3 Å². The number of esters is 1. The summed E-state index contributed by atoms with van der Waals surface area (Å²) in [6.07, 6.45) is 4.49. The Morgan fingerprint density at radius 3 is 2.11 bits per heavy atom. The predicted octanol–water partition coefficient (Wildman–Crippen LogP) is 5.60. The van der Waals surface area contributed by atoms with Crippen LogP contribution in [0, 0.1) is 0 Å². The van der Waals surface area contributed by atoms with Crippen molar-refractivity contribution in [3.05, 3.63) is 112 Å². The largest absolute Gasteiger partial charge is 0.493 e. The van der Waals surface area contributed by atoms with Gasteiger partial charge in [0.1, 0.15) is 0 Å². The van der Waals surface area contributed by atoms with Gasteiger partial charge < -0.3 is 23.7 Å². The third-order valence-electron chi connectivity index (χ3n) is 6.61. The minimum Gasteiger partial charge on any atom is -0.493 e. The van der Waals surface area contributed by atoms with Crippen molar-refractivity contribution in [2.45, 2.75) is 0 Å². The molecule has 0 atom stereocenters. The van der Waals surface area contributed by atoms with Gasteiger partial charge in [0.2, 0.25) is 5.75 Å². The Balaban J connectivity index is 1.52. The molecule has 0 N–H and O–H groups in total. The Labute approximate surface area is 253 Å². The maximum absolute atomic E-state index is 13.7. The van der Waals surface area contributed by atoms with Crippen LogP contribution in [0.2, 0.25) is 0 Å². The van der Waals surface area contributed by atoms with Gasteiger partial charge in [-0.15, -0.1) is 0 Å². The number of hydrogen-bond donors (Lipinski definition) is 0. The molecule has 0 radical (unpaired) electrons. The summed E-state index contributed by atoms with van der Waals surface area (Å²) in [5.41, 5.74) is 2.09. The van der Waals surface area contributed by atoms with Crippen LogP contribution < -0.4 is 29.2 Å². The average Bonchev–Trinajstić information content (AvgIpc) is 3.07. The van der Waals surface area contributed by atoms with E-state index in [0.717, 1.165) is 5.56 Å². The minimum absolute atomic E-state index is 0.231. The molecule has 44 heavy (non-hydrogen) atoms. The molecule has 0 saturated carbocycles. The first-order chi connectivity index (χ1) is 21.4. The van der Waals surface area contributed by atoms with E-state index in [9.17, 15) is 9.59 Å². The highest BCUT2D eigenvalue weighted by atomic mass is 16.6. The first kappa shape index (κ1) is 29.6. The Hall–Kier alpha value is -5.90. The maximum Gasteiger partial charge on any atom is 0.336 e. The van der Waals surface area contributed by atoms with Gasteiger partial charge in [0.25, 0.3) is 5.56 Å². The summed E-state index contributed by atoms with van der Waals surface area (Å²) in [4.78, 5) is 30.9. The van der Waals surface area contributed by atoms with Gasteiger partial charge in [-0.2, -0.15) is 9.78 Å². The van der Waals surface area contributed by atoms with Gasteiger partial charge in [-0.1, -0.05) is 42.5 Å². The molecule has 0 aliphatic carbocycles. The average molecular weight is 592 g/mol. The summed E-state index contributed by atoms with van der Waals surface area (Å²) in [5, 5.41) is 4.91. The molecule has 0 aliphatic heterocycles. The van der Waals surface area contributed by atoms with E-state index in [4.69, 9.17) is 28.7 Å². The van der Waals surface area contributed by atoms with E-state index < -0.39 is 5.97 Å². The van der Waals surface area contributed by atoms with E-state index in [1.165, 1.54) is 45.4 Å². The topological polar surface area (TPSA) is 110 Å². The van der Waals surface area contributed by atoms with Crippen molar-refractivity contribution in [3.8, 4) is 40.1 Å². The Morgan fingerprint density at radius 1 is 0.750 bits per heavy atom. The van der Waals surface area contributed by atoms with Crippen LogP contribution in [-0.2, 0) is 4.79 Å². The molecule has 5 aromatic rings. The molecule has 10 heteroatoms. The van der Waals surface area contributed by atoms with Crippen molar-refractivity contribution in [3.63, 3.8) is 0 Å². The molecule has 0 spiro atoms. The molecule has 0 fully saturated rings. The number of carbonyl (C=O) groups excluding carboxylic acids is 1.